The molecule has 0 aliphatic carbocycles. The smallest absolute Gasteiger partial charge is 0.261 e. The molecule has 6 heteroatoms. The van der Waals surface area contributed by atoms with Crippen molar-refractivity contribution >= 4 is 33.2 Å². The molecule has 2 heterocycles. The predicted molar refractivity (Wildman–Crippen MR) is 98.4 cm³/mol. The monoisotopic (exact) mass is 362 g/mol. The standard InChI is InChI=1S/C19H23FN2O2S/c1-11(2)19(24)22-9-7-13(8-10-22)21-18(23)17-12(3)16-14(20)5-4-6-15(16)25-17/h4-6,11,13H,7-10H2,1-3H3,(H,21,23). The van der Waals surface area contributed by atoms with Crippen LogP contribution in [-0.2, 0) is 4.79 Å². The Hall–Kier alpha value is -1.95. The number of halogens is 1. The second kappa shape index (κ2) is 7.12. The summed E-state index contributed by atoms with van der Waals surface area (Å²) in [5.41, 5.74) is 0.697. The lowest BCUT2D eigenvalue weighted by atomic mass is 10.0. The highest BCUT2D eigenvalue weighted by Crippen LogP contribution is 2.32. The quantitative estimate of drug-likeness (QED) is 0.905. The first-order valence-electron chi connectivity index (χ1n) is 8.65. The molecule has 1 aliphatic heterocycles. The fourth-order valence-electron chi connectivity index (χ4n) is 3.33. The average Bonchev–Trinajstić information content (AvgIpc) is 2.93. The Bertz CT molecular complexity index is 807. The minimum Gasteiger partial charge on any atom is -0.348 e. The van der Waals surface area contributed by atoms with Crippen molar-refractivity contribution in [1.29, 1.82) is 0 Å². The summed E-state index contributed by atoms with van der Waals surface area (Å²) in [6.45, 7) is 6.93. The molecule has 0 saturated carbocycles. The number of hydrogen-bond donors (Lipinski definition) is 1. The van der Waals surface area contributed by atoms with Crippen molar-refractivity contribution in [1.82, 2.24) is 10.2 Å². The van der Waals surface area contributed by atoms with Crippen LogP contribution < -0.4 is 5.32 Å². The molecule has 0 atom stereocenters. The molecule has 3 rings (SSSR count). The largest absolute Gasteiger partial charge is 0.348 e. The minimum atomic E-state index is -0.286. The molecule has 25 heavy (non-hydrogen) atoms. The topological polar surface area (TPSA) is 49.4 Å². The number of benzene rings is 1. The molecule has 0 radical (unpaired) electrons. The maximum Gasteiger partial charge on any atom is 0.261 e. The summed E-state index contributed by atoms with van der Waals surface area (Å²) < 4.78 is 14.8. The number of fused-ring (bicyclic) bond motifs is 1. The van der Waals surface area contributed by atoms with Crippen molar-refractivity contribution in [3.63, 3.8) is 0 Å². The lowest BCUT2D eigenvalue weighted by Gasteiger charge is -2.33. The fraction of sp³-hybridized carbons (Fsp3) is 0.474. The molecule has 1 fully saturated rings. The predicted octanol–water partition coefficient (Wildman–Crippen LogP) is 3.73. The van der Waals surface area contributed by atoms with Crippen LogP contribution in [0, 0.1) is 18.7 Å². The maximum atomic E-state index is 14.0. The fourth-order valence-corrected chi connectivity index (χ4v) is 4.46. The molecular weight excluding hydrogens is 339 g/mol. The lowest BCUT2D eigenvalue weighted by molar-refractivity contribution is -0.135. The van der Waals surface area contributed by atoms with Gasteiger partial charge in [0.2, 0.25) is 5.91 Å². The van der Waals surface area contributed by atoms with Crippen LogP contribution in [0.25, 0.3) is 10.1 Å². The molecule has 1 aromatic heterocycles. The van der Waals surface area contributed by atoms with Crippen molar-refractivity contribution in [3.8, 4) is 0 Å². The Morgan fingerprint density at radius 2 is 1.96 bits per heavy atom. The third kappa shape index (κ3) is 3.54. The molecule has 0 unspecified atom stereocenters. The number of carbonyl (C=O) groups is 2. The van der Waals surface area contributed by atoms with Gasteiger partial charge in [0.1, 0.15) is 5.82 Å². The molecule has 1 saturated heterocycles. The number of carbonyl (C=O) groups excluding carboxylic acids is 2. The maximum absolute atomic E-state index is 14.0. The van der Waals surface area contributed by atoms with Crippen LogP contribution in [0.3, 0.4) is 0 Å². The van der Waals surface area contributed by atoms with Crippen molar-refractivity contribution in [2.45, 2.75) is 39.7 Å². The van der Waals surface area contributed by atoms with E-state index in [0.29, 0.717) is 28.9 Å². The van der Waals surface area contributed by atoms with E-state index < -0.39 is 0 Å². The first-order chi connectivity index (χ1) is 11.9. The molecule has 1 aliphatic rings. The van der Waals surface area contributed by atoms with Gasteiger partial charge in [-0.2, -0.15) is 0 Å². The molecular formula is C19H23FN2O2S. The molecule has 2 aromatic rings. The van der Waals surface area contributed by atoms with E-state index in [0.717, 1.165) is 17.5 Å². The van der Waals surface area contributed by atoms with Gasteiger partial charge in [0.05, 0.1) is 4.88 Å². The third-order valence-corrected chi connectivity index (χ3v) is 6.00. The van der Waals surface area contributed by atoms with Gasteiger partial charge in [-0.1, -0.05) is 19.9 Å². The van der Waals surface area contributed by atoms with Gasteiger partial charge >= 0.3 is 0 Å². The van der Waals surface area contributed by atoms with E-state index >= 15 is 0 Å². The van der Waals surface area contributed by atoms with Gasteiger partial charge in [-0.15, -0.1) is 11.3 Å². The first kappa shape index (κ1) is 17.9. The van der Waals surface area contributed by atoms with E-state index in [1.54, 1.807) is 13.0 Å². The van der Waals surface area contributed by atoms with E-state index in [1.807, 2.05) is 24.8 Å². The highest BCUT2D eigenvalue weighted by atomic mass is 32.1. The van der Waals surface area contributed by atoms with E-state index in [1.165, 1.54) is 17.4 Å². The number of aryl methyl sites for hydroxylation is 1. The summed E-state index contributed by atoms with van der Waals surface area (Å²) in [5.74, 6) is -0.264. The van der Waals surface area contributed by atoms with E-state index in [-0.39, 0.29) is 29.6 Å². The first-order valence-corrected chi connectivity index (χ1v) is 9.47. The molecule has 1 aromatic carbocycles. The average molecular weight is 362 g/mol. The summed E-state index contributed by atoms with van der Waals surface area (Å²) >= 11 is 1.33. The van der Waals surface area contributed by atoms with Crippen molar-refractivity contribution < 1.29 is 14.0 Å². The Balaban J connectivity index is 1.67. The summed E-state index contributed by atoms with van der Waals surface area (Å²) in [7, 11) is 0. The zero-order valence-electron chi connectivity index (χ0n) is 14.8. The van der Waals surface area contributed by atoms with Crippen LogP contribution in [0.4, 0.5) is 4.39 Å². The van der Waals surface area contributed by atoms with Crippen molar-refractivity contribution in [3.05, 3.63) is 34.5 Å². The van der Waals surface area contributed by atoms with Gasteiger partial charge in [-0.05, 0) is 37.5 Å². The number of amides is 2. The van der Waals surface area contributed by atoms with Crippen LogP contribution in [0.1, 0.15) is 41.9 Å². The number of thiophene rings is 1. The van der Waals surface area contributed by atoms with E-state index in [9.17, 15) is 14.0 Å². The van der Waals surface area contributed by atoms with Gasteiger partial charge in [0, 0.05) is 35.1 Å². The molecule has 4 nitrogen and oxygen atoms in total. The number of rotatable bonds is 3. The lowest BCUT2D eigenvalue weighted by Crippen LogP contribution is -2.47. The van der Waals surface area contributed by atoms with Gasteiger partial charge in [-0.25, -0.2) is 4.39 Å². The van der Waals surface area contributed by atoms with Crippen molar-refractivity contribution in [2.75, 3.05) is 13.1 Å². The molecule has 0 spiro atoms. The van der Waals surface area contributed by atoms with Gasteiger partial charge < -0.3 is 10.2 Å². The number of hydrogen-bond acceptors (Lipinski definition) is 3. The molecule has 2 amide bonds. The van der Waals surface area contributed by atoms with E-state index in [4.69, 9.17) is 0 Å². The Morgan fingerprint density at radius 1 is 1.28 bits per heavy atom. The summed E-state index contributed by atoms with van der Waals surface area (Å²) in [6, 6.07) is 4.98. The van der Waals surface area contributed by atoms with E-state index in [2.05, 4.69) is 5.32 Å². The second-order valence-electron chi connectivity index (χ2n) is 6.90. The molecule has 134 valence electrons. The van der Waals surface area contributed by atoms with Crippen LogP contribution in [0.2, 0.25) is 0 Å². The van der Waals surface area contributed by atoms with Crippen molar-refractivity contribution in [2.24, 2.45) is 5.92 Å². The van der Waals surface area contributed by atoms with Gasteiger partial charge in [0.15, 0.2) is 0 Å². The second-order valence-corrected chi connectivity index (χ2v) is 7.95. The number of piperidine rings is 1. The highest BCUT2D eigenvalue weighted by molar-refractivity contribution is 7.21. The molecule has 1 N–H and O–H groups in total. The number of likely N-dealkylation sites (tertiary alicyclic amines) is 1. The zero-order valence-corrected chi connectivity index (χ0v) is 15.6. The highest BCUT2D eigenvalue weighted by Gasteiger charge is 2.26. The number of nitrogens with zero attached hydrogens (tertiary/aromatic N) is 1. The third-order valence-electron chi connectivity index (χ3n) is 4.74. The number of nitrogens with one attached hydrogen (secondary N) is 1. The Morgan fingerprint density at radius 3 is 2.56 bits per heavy atom. The van der Waals surface area contributed by atoms with Crippen LogP contribution in [-0.4, -0.2) is 35.8 Å². The van der Waals surface area contributed by atoms with Gasteiger partial charge in [-0.3, -0.25) is 9.59 Å². The Labute approximate surface area is 151 Å². The van der Waals surface area contributed by atoms with Crippen LogP contribution in [0.5, 0.6) is 0 Å². The minimum absolute atomic E-state index is 0.00207. The Kier molecular flexibility index (Phi) is 5.08. The van der Waals surface area contributed by atoms with Gasteiger partial charge in [0.25, 0.3) is 5.91 Å². The summed E-state index contributed by atoms with van der Waals surface area (Å²) in [6.07, 6.45) is 1.50. The summed E-state index contributed by atoms with van der Waals surface area (Å²) in [5, 5.41) is 3.59. The SMILES string of the molecule is Cc1c(C(=O)NC2CCN(C(=O)C(C)C)CC2)sc2cccc(F)c12. The van der Waals surface area contributed by atoms with Crippen LogP contribution in [0.15, 0.2) is 18.2 Å². The molecule has 0 bridgehead atoms. The zero-order chi connectivity index (χ0) is 18.1. The van der Waals surface area contributed by atoms with Crippen LogP contribution >= 0.6 is 11.3 Å². The normalized spacial score (nSPS) is 15.8. The summed E-state index contributed by atoms with van der Waals surface area (Å²) in [4.78, 5) is 27.1.